The van der Waals surface area contributed by atoms with E-state index in [4.69, 9.17) is 15.6 Å². The molecule has 1 atom stereocenters. The van der Waals surface area contributed by atoms with E-state index in [1.807, 2.05) is 6.92 Å². The average molecular weight is 225 g/mol. The molecule has 0 aliphatic heterocycles. The minimum atomic E-state index is -1.17. The van der Waals surface area contributed by atoms with E-state index in [2.05, 4.69) is 0 Å². The van der Waals surface area contributed by atoms with Gasteiger partial charge in [-0.2, -0.15) is 0 Å². The normalized spacial score (nSPS) is 12.2. The van der Waals surface area contributed by atoms with Crippen molar-refractivity contribution < 1.29 is 19.7 Å². The number of carbonyl (C=O) groups is 1. The summed E-state index contributed by atoms with van der Waals surface area (Å²) < 4.78 is 5.05. The van der Waals surface area contributed by atoms with Crippen LogP contribution in [0, 0.1) is 0 Å². The van der Waals surface area contributed by atoms with Crippen LogP contribution in [0.1, 0.15) is 22.8 Å². The van der Waals surface area contributed by atoms with Gasteiger partial charge in [0.15, 0.2) is 0 Å². The maximum atomic E-state index is 10.8. The van der Waals surface area contributed by atoms with Crippen molar-refractivity contribution in [1.29, 1.82) is 0 Å². The first-order valence-corrected chi connectivity index (χ1v) is 4.84. The van der Waals surface area contributed by atoms with Gasteiger partial charge in [0, 0.05) is 12.1 Å². The molecule has 0 amide bonds. The third-order valence-corrected chi connectivity index (χ3v) is 2.17. The van der Waals surface area contributed by atoms with Gasteiger partial charge in [-0.3, -0.25) is 0 Å². The van der Waals surface area contributed by atoms with Crippen LogP contribution in [0.25, 0.3) is 0 Å². The number of benzene rings is 1. The lowest BCUT2D eigenvalue weighted by molar-refractivity contribution is 0.0693. The molecule has 5 heteroatoms. The number of carboxylic acids is 1. The highest BCUT2D eigenvalue weighted by Crippen LogP contribution is 2.29. The first-order valence-electron chi connectivity index (χ1n) is 4.84. The van der Waals surface area contributed by atoms with Gasteiger partial charge in [0.25, 0.3) is 0 Å². The number of ether oxygens (including phenoxy) is 1. The number of carboxylic acid groups (broad SMARTS) is 1. The minimum absolute atomic E-state index is 0.111. The van der Waals surface area contributed by atoms with Gasteiger partial charge in [0.05, 0.1) is 7.11 Å². The Morgan fingerprint density at radius 3 is 2.62 bits per heavy atom. The lowest BCUT2D eigenvalue weighted by Gasteiger charge is -2.12. The summed E-state index contributed by atoms with van der Waals surface area (Å²) in [6.07, 6.45) is 0.490. The number of nitrogens with two attached hydrogens (primary N) is 1. The topological polar surface area (TPSA) is 92.8 Å². The molecule has 1 unspecified atom stereocenters. The summed E-state index contributed by atoms with van der Waals surface area (Å²) in [6.45, 7) is 1.81. The van der Waals surface area contributed by atoms with Gasteiger partial charge in [-0.25, -0.2) is 4.79 Å². The minimum Gasteiger partial charge on any atom is -0.507 e. The summed E-state index contributed by atoms with van der Waals surface area (Å²) in [5.41, 5.74) is 6.18. The van der Waals surface area contributed by atoms with Crippen LogP contribution < -0.4 is 10.5 Å². The van der Waals surface area contributed by atoms with Crippen molar-refractivity contribution in [3.05, 3.63) is 23.3 Å². The number of hydrogen-bond donors (Lipinski definition) is 3. The van der Waals surface area contributed by atoms with E-state index in [0.29, 0.717) is 17.7 Å². The predicted molar refractivity (Wildman–Crippen MR) is 59.0 cm³/mol. The van der Waals surface area contributed by atoms with Crippen LogP contribution >= 0.6 is 0 Å². The summed E-state index contributed by atoms with van der Waals surface area (Å²) in [5, 5.41) is 18.3. The van der Waals surface area contributed by atoms with Crippen LogP contribution in [0.4, 0.5) is 0 Å². The van der Waals surface area contributed by atoms with Crippen molar-refractivity contribution >= 4 is 5.97 Å². The molecule has 1 aromatic carbocycles. The SMILES string of the molecule is COc1cc(O)c(C(=O)O)cc1CC(C)N. The van der Waals surface area contributed by atoms with Gasteiger partial charge < -0.3 is 20.7 Å². The maximum Gasteiger partial charge on any atom is 0.339 e. The Bertz CT molecular complexity index is 401. The van der Waals surface area contributed by atoms with E-state index < -0.39 is 5.97 Å². The molecule has 0 spiro atoms. The highest BCUT2D eigenvalue weighted by Gasteiger charge is 2.15. The van der Waals surface area contributed by atoms with Gasteiger partial charge in [0.1, 0.15) is 17.1 Å². The van der Waals surface area contributed by atoms with Crippen LogP contribution in [0.15, 0.2) is 12.1 Å². The molecule has 0 bridgehead atoms. The molecule has 0 fully saturated rings. The third kappa shape index (κ3) is 2.64. The molecule has 0 saturated heterocycles. The number of hydrogen-bond acceptors (Lipinski definition) is 4. The highest BCUT2D eigenvalue weighted by molar-refractivity contribution is 5.91. The van der Waals surface area contributed by atoms with Crippen molar-refractivity contribution in [3.63, 3.8) is 0 Å². The van der Waals surface area contributed by atoms with Crippen LogP contribution in [0.2, 0.25) is 0 Å². The zero-order chi connectivity index (χ0) is 12.3. The fourth-order valence-corrected chi connectivity index (χ4v) is 1.48. The first-order chi connectivity index (χ1) is 7.45. The Morgan fingerprint density at radius 1 is 1.56 bits per heavy atom. The molecule has 0 aliphatic carbocycles. The van der Waals surface area contributed by atoms with Crippen molar-refractivity contribution in [2.45, 2.75) is 19.4 Å². The van der Waals surface area contributed by atoms with Crippen LogP contribution in [0.3, 0.4) is 0 Å². The predicted octanol–water partition coefficient (Wildman–Crippen LogP) is 0.989. The van der Waals surface area contributed by atoms with Gasteiger partial charge in [-0.05, 0) is 25.0 Å². The van der Waals surface area contributed by atoms with E-state index in [0.717, 1.165) is 0 Å². The van der Waals surface area contributed by atoms with Crippen molar-refractivity contribution in [3.8, 4) is 11.5 Å². The van der Waals surface area contributed by atoms with E-state index in [-0.39, 0.29) is 17.4 Å². The Balaban J connectivity index is 3.23. The zero-order valence-electron chi connectivity index (χ0n) is 9.23. The Hall–Kier alpha value is -1.75. The Labute approximate surface area is 93.5 Å². The molecule has 88 valence electrons. The largest absolute Gasteiger partial charge is 0.507 e. The molecule has 0 aliphatic rings. The standard InChI is InChI=1S/C11H15NO4/c1-6(12)3-7-4-8(11(14)15)9(13)5-10(7)16-2/h4-6,13H,3,12H2,1-2H3,(H,14,15). The molecule has 5 nitrogen and oxygen atoms in total. The summed E-state index contributed by atoms with van der Waals surface area (Å²) in [4.78, 5) is 10.8. The second kappa shape index (κ2) is 4.85. The molecular weight excluding hydrogens is 210 g/mol. The second-order valence-corrected chi connectivity index (χ2v) is 3.67. The Kier molecular flexibility index (Phi) is 3.73. The van der Waals surface area contributed by atoms with Gasteiger partial charge in [0.2, 0.25) is 0 Å². The maximum absolute atomic E-state index is 10.8. The van der Waals surface area contributed by atoms with Gasteiger partial charge >= 0.3 is 5.97 Å². The molecule has 0 aromatic heterocycles. The average Bonchev–Trinajstić information content (AvgIpc) is 2.18. The van der Waals surface area contributed by atoms with Gasteiger partial charge in [-0.1, -0.05) is 0 Å². The van der Waals surface area contributed by atoms with Crippen LogP contribution in [0.5, 0.6) is 11.5 Å². The lowest BCUT2D eigenvalue weighted by atomic mass is 10.0. The smallest absolute Gasteiger partial charge is 0.339 e. The molecule has 4 N–H and O–H groups in total. The molecule has 1 aromatic rings. The fraction of sp³-hybridized carbons (Fsp3) is 0.364. The van der Waals surface area contributed by atoms with Crippen molar-refractivity contribution in [2.75, 3.05) is 7.11 Å². The van der Waals surface area contributed by atoms with E-state index in [1.54, 1.807) is 0 Å². The lowest BCUT2D eigenvalue weighted by Crippen LogP contribution is -2.18. The zero-order valence-corrected chi connectivity index (χ0v) is 9.23. The number of aromatic hydroxyl groups is 1. The van der Waals surface area contributed by atoms with Crippen LogP contribution in [-0.2, 0) is 6.42 Å². The van der Waals surface area contributed by atoms with Crippen molar-refractivity contribution in [2.24, 2.45) is 5.73 Å². The molecule has 1 rings (SSSR count). The highest BCUT2D eigenvalue weighted by atomic mass is 16.5. The molecular formula is C11H15NO4. The first kappa shape index (κ1) is 12.3. The number of methoxy groups -OCH3 is 1. The third-order valence-electron chi connectivity index (χ3n) is 2.17. The van der Waals surface area contributed by atoms with Gasteiger partial charge in [-0.15, -0.1) is 0 Å². The summed E-state index contributed by atoms with van der Waals surface area (Å²) in [5.74, 6) is -1.04. The second-order valence-electron chi connectivity index (χ2n) is 3.67. The quantitative estimate of drug-likeness (QED) is 0.710. The summed E-state index contributed by atoms with van der Waals surface area (Å²) in [6, 6.07) is 2.57. The van der Waals surface area contributed by atoms with Crippen LogP contribution in [-0.4, -0.2) is 29.3 Å². The molecule has 16 heavy (non-hydrogen) atoms. The molecule has 0 saturated carbocycles. The van der Waals surface area contributed by atoms with E-state index >= 15 is 0 Å². The monoisotopic (exact) mass is 225 g/mol. The van der Waals surface area contributed by atoms with Crippen molar-refractivity contribution in [1.82, 2.24) is 0 Å². The number of phenols is 1. The Morgan fingerprint density at radius 2 is 2.19 bits per heavy atom. The molecule has 0 heterocycles. The van der Waals surface area contributed by atoms with E-state index in [9.17, 15) is 9.90 Å². The molecule has 0 radical (unpaired) electrons. The summed E-state index contributed by atoms with van der Waals surface area (Å²) in [7, 11) is 1.46. The fourth-order valence-electron chi connectivity index (χ4n) is 1.48. The number of rotatable bonds is 4. The summed E-state index contributed by atoms with van der Waals surface area (Å²) >= 11 is 0. The van der Waals surface area contributed by atoms with E-state index in [1.165, 1.54) is 19.2 Å². The number of aromatic carboxylic acids is 1.